The summed E-state index contributed by atoms with van der Waals surface area (Å²) < 4.78 is 13.3. The van der Waals surface area contributed by atoms with Crippen LogP contribution in [-0.4, -0.2) is 52.5 Å². The highest BCUT2D eigenvalue weighted by atomic mass is 19.1. The third kappa shape index (κ3) is 2.63. The predicted octanol–water partition coefficient (Wildman–Crippen LogP) is 1.86. The molecule has 1 aromatic rings. The Morgan fingerprint density at radius 1 is 1.17 bits per heavy atom. The number of aliphatic hydroxyl groups is 1. The van der Waals surface area contributed by atoms with Crippen molar-refractivity contribution in [2.45, 2.75) is 24.7 Å². The molecule has 1 unspecified atom stereocenters. The molecule has 0 aliphatic carbocycles. The Kier molecular flexibility index (Phi) is 3.41. The lowest BCUT2D eigenvalue weighted by Crippen LogP contribution is -2.41. The largest absolute Gasteiger partial charge is 0.364 e. The van der Waals surface area contributed by atoms with Crippen molar-refractivity contribution in [3.05, 3.63) is 48.2 Å². The molecule has 120 valence electrons. The Hall–Kier alpha value is -2.21. The smallest absolute Gasteiger partial charge is 0.230 e. The maximum atomic E-state index is 13.3. The van der Waals surface area contributed by atoms with Crippen LogP contribution < -0.4 is 0 Å². The number of fused-ring (bicyclic) bond motifs is 1. The normalized spacial score (nSPS) is 27.7. The SMILES string of the molecule is OC1(c2ccccc2)CN2C=CC(N3CCC(F)CC3)=NC2=N1. The van der Waals surface area contributed by atoms with E-state index in [0.29, 0.717) is 38.4 Å². The molecule has 0 amide bonds. The molecule has 4 rings (SSSR count). The van der Waals surface area contributed by atoms with Gasteiger partial charge >= 0.3 is 0 Å². The summed E-state index contributed by atoms with van der Waals surface area (Å²) in [5.74, 6) is 1.31. The van der Waals surface area contributed by atoms with Crippen LogP contribution in [-0.2, 0) is 5.72 Å². The van der Waals surface area contributed by atoms with Gasteiger partial charge in [-0.15, -0.1) is 0 Å². The lowest BCUT2D eigenvalue weighted by molar-refractivity contribution is 0.0480. The van der Waals surface area contributed by atoms with E-state index < -0.39 is 11.9 Å². The maximum absolute atomic E-state index is 13.3. The molecule has 1 fully saturated rings. The van der Waals surface area contributed by atoms with Gasteiger partial charge in [0.1, 0.15) is 12.0 Å². The van der Waals surface area contributed by atoms with E-state index in [2.05, 4.69) is 14.9 Å². The van der Waals surface area contributed by atoms with Crippen LogP contribution in [0.3, 0.4) is 0 Å². The second kappa shape index (κ2) is 5.45. The third-order valence-corrected chi connectivity index (χ3v) is 4.54. The van der Waals surface area contributed by atoms with Gasteiger partial charge in [0.15, 0.2) is 0 Å². The first-order valence-corrected chi connectivity index (χ1v) is 7.94. The van der Waals surface area contributed by atoms with Crippen LogP contribution in [0.2, 0.25) is 0 Å². The number of likely N-dealkylation sites (tertiary alicyclic amines) is 1. The van der Waals surface area contributed by atoms with Gasteiger partial charge in [0, 0.05) is 24.9 Å². The van der Waals surface area contributed by atoms with E-state index in [1.165, 1.54) is 0 Å². The quantitative estimate of drug-likeness (QED) is 0.861. The van der Waals surface area contributed by atoms with Gasteiger partial charge in [-0.25, -0.2) is 9.38 Å². The zero-order chi connectivity index (χ0) is 15.9. The highest BCUT2D eigenvalue weighted by Crippen LogP contribution is 2.31. The molecule has 0 spiro atoms. The van der Waals surface area contributed by atoms with Crippen LogP contribution in [0.1, 0.15) is 18.4 Å². The number of hydrogen-bond acceptors (Lipinski definition) is 5. The molecule has 0 radical (unpaired) electrons. The topological polar surface area (TPSA) is 51.4 Å². The van der Waals surface area contributed by atoms with Crippen LogP contribution in [0.25, 0.3) is 0 Å². The molecule has 3 aliphatic heterocycles. The lowest BCUT2D eigenvalue weighted by atomic mass is 10.0. The van der Waals surface area contributed by atoms with Crippen molar-refractivity contribution in [1.29, 1.82) is 0 Å². The molecule has 0 saturated carbocycles. The Morgan fingerprint density at radius 2 is 1.91 bits per heavy atom. The molecule has 1 N–H and O–H groups in total. The molecular weight excluding hydrogens is 295 g/mol. The van der Waals surface area contributed by atoms with Crippen molar-refractivity contribution in [1.82, 2.24) is 9.80 Å². The Balaban J connectivity index is 1.59. The summed E-state index contributed by atoms with van der Waals surface area (Å²) >= 11 is 0. The van der Waals surface area contributed by atoms with E-state index in [4.69, 9.17) is 0 Å². The van der Waals surface area contributed by atoms with Crippen molar-refractivity contribution in [2.24, 2.45) is 9.98 Å². The van der Waals surface area contributed by atoms with Crippen LogP contribution in [0.15, 0.2) is 52.6 Å². The monoisotopic (exact) mass is 314 g/mol. The average Bonchev–Trinajstić information content (AvgIpc) is 2.93. The standard InChI is InChI=1S/C17H19FN4O/c18-14-6-9-21(10-7-14)15-8-11-22-12-17(23,20-16(22)19-15)13-4-2-1-3-5-13/h1-5,8,11,14,23H,6-7,9-10,12H2. The zero-order valence-corrected chi connectivity index (χ0v) is 12.8. The number of hydrogen-bond donors (Lipinski definition) is 1. The molecule has 5 nitrogen and oxygen atoms in total. The Morgan fingerprint density at radius 3 is 2.65 bits per heavy atom. The van der Waals surface area contributed by atoms with Gasteiger partial charge in [-0.05, 0) is 18.9 Å². The van der Waals surface area contributed by atoms with Gasteiger partial charge in [0.25, 0.3) is 0 Å². The summed E-state index contributed by atoms with van der Waals surface area (Å²) in [6, 6.07) is 9.41. The van der Waals surface area contributed by atoms with Gasteiger partial charge < -0.3 is 14.9 Å². The van der Waals surface area contributed by atoms with Gasteiger partial charge in [-0.1, -0.05) is 30.3 Å². The number of amidine groups is 1. The van der Waals surface area contributed by atoms with Crippen molar-refractivity contribution < 1.29 is 9.50 Å². The van der Waals surface area contributed by atoms with E-state index in [1.807, 2.05) is 47.5 Å². The fourth-order valence-electron chi connectivity index (χ4n) is 3.19. The fourth-order valence-corrected chi connectivity index (χ4v) is 3.19. The summed E-state index contributed by atoms with van der Waals surface area (Å²) in [6.07, 6.45) is 4.18. The minimum Gasteiger partial charge on any atom is -0.364 e. The third-order valence-electron chi connectivity index (χ3n) is 4.54. The number of alkyl halides is 1. The molecule has 3 heterocycles. The summed E-state index contributed by atoms with van der Waals surface area (Å²) in [6.45, 7) is 1.69. The van der Waals surface area contributed by atoms with Crippen molar-refractivity contribution in [3.8, 4) is 0 Å². The van der Waals surface area contributed by atoms with Crippen molar-refractivity contribution in [2.75, 3.05) is 19.6 Å². The molecule has 23 heavy (non-hydrogen) atoms. The average molecular weight is 314 g/mol. The number of guanidine groups is 1. The fraction of sp³-hybridized carbons (Fsp3) is 0.412. The van der Waals surface area contributed by atoms with Crippen LogP contribution in [0, 0.1) is 0 Å². The summed E-state index contributed by atoms with van der Waals surface area (Å²) in [5, 5.41) is 10.8. The first kappa shape index (κ1) is 14.4. The maximum Gasteiger partial charge on any atom is 0.230 e. The zero-order valence-electron chi connectivity index (χ0n) is 12.8. The molecule has 6 heteroatoms. The number of piperidine rings is 1. The van der Waals surface area contributed by atoms with Crippen LogP contribution >= 0.6 is 0 Å². The van der Waals surface area contributed by atoms with E-state index in [1.54, 1.807) is 0 Å². The van der Waals surface area contributed by atoms with Crippen molar-refractivity contribution in [3.63, 3.8) is 0 Å². The van der Waals surface area contributed by atoms with Crippen LogP contribution in [0.4, 0.5) is 4.39 Å². The molecule has 1 aromatic carbocycles. The molecule has 1 atom stereocenters. The van der Waals surface area contributed by atoms with Crippen LogP contribution in [0.5, 0.6) is 0 Å². The summed E-state index contributed by atoms with van der Waals surface area (Å²) in [4.78, 5) is 12.9. The van der Waals surface area contributed by atoms with Gasteiger partial charge in [0.05, 0.1) is 6.54 Å². The number of nitrogens with zero attached hydrogens (tertiary/aromatic N) is 4. The van der Waals surface area contributed by atoms with Gasteiger partial charge in [0.2, 0.25) is 11.7 Å². The second-order valence-corrected chi connectivity index (χ2v) is 6.17. The van der Waals surface area contributed by atoms with E-state index >= 15 is 0 Å². The highest BCUT2D eigenvalue weighted by Gasteiger charge is 2.39. The molecule has 3 aliphatic rings. The summed E-state index contributed by atoms with van der Waals surface area (Å²) in [5.41, 5.74) is -0.517. The Labute approximate surface area is 134 Å². The summed E-state index contributed by atoms with van der Waals surface area (Å²) in [7, 11) is 0. The number of aliphatic imine (C=N–C) groups is 2. The first-order valence-electron chi connectivity index (χ1n) is 7.94. The Bertz CT molecular complexity index is 679. The van der Waals surface area contributed by atoms with E-state index in [9.17, 15) is 9.50 Å². The molecular formula is C17H19FN4O. The first-order chi connectivity index (χ1) is 11.1. The number of halogens is 1. The molecule has 1 saturated heterocycles. The number of benzene rings is 1. The molecule has 0 bridgehead atoms. The highest BCUT2D eigenvalue weighted by molar-refractivity contribution is 6.05. The molecule has 0 aromatic heterocycles. The van der Waals surface area contributed by atoms with Crippen molar-refractivity contribution >= 4 is 11.8 Å². The van der Waals surface area contributed by atoms with Gasteiger partial charge in [-0.3, -0.25) is 0 Å². The minimum absolute atomic E-state index is 0.353. The van der Waals surface area contributed by atoms with E-state index in [-0.39, 0.29) is 0 Å². The second-order valence-electron chi connectivity index (χ2n) is 6.17. The predicted molar refractivity (Wildman–Crippen MR) is 86.8 cm³/mol. The number of rotatable bonds is 1. The lowest BCUT2D eigenvalue weighted by Gasteiger charge is -2.32. The minimum atomic E-state index is -1.27. The van der Waals surface area contributed by atoms with E-state index in [0.717, 1.165) is 11.4 Å². The van der Waals surface area contributed by atoms with Gasteiger partial charge in [-0.2, -0.15) is 4.99 Å².